The standard InChI is InChI=1S/C13H15N3O3/c1-10(17)14-8-4-6-11-5-2-3-7-12(11)16-13(18)9-15-19/h2-7,9,19H,8H2,1H3,(H,14,17)(H,16,18). The van der Waals surface area contributed by atoms with Gasteiger partial charge in [-0.05, 0) is 11.6 Å². The molecule has 0 aliphatic heterocycles. The third-order valence-electron chi connectivity index (χ3n) is 2.16. The van der Waals surface area contributed by atoms with E-state index in [0.717, 1.165) is 11.8 Å². The van der Waals surface area contributed by atoms with Gasteiger partial charge in [-0.15, -0.1) is 0 Å². The largest absolute Gasteiger partial charge is 0.411 e. The van der Waals surface area contributed by atoms with Crippen molar-refractivity contribution in [3.63, 3.8) is 0 Å². The van der Waals surface area contributed by atoms with Crippen LogP contribution in [0, 0.1) is 0 Å². The lowest BCUT2D eigenvalue weighted by atomic mass is 10.1. The van der Waals surface area contributed by atoms with Crippen LogP contribution >= 0.6 is 0 Å². The molecule has 0 aliphatic rings. The van der Waals surface area contributed by atoms with E-state index >= 15 is 0 Å². The Kier molecular flexibility index (Phi) is 5.81. The monoisotopic (exact) mass is 261 g/mol. The molecular weight excluding hydrogens is 246 g/mol. The summed E-state index contributed by atoms with van der Waals surface area (Å²) in [5.74, 6) is -0.629. The minimum Gasteiger partial charge on any atom is -0.411 e. The number of anilines is 1. The third-order valence-corrected chi connectivity index (χ3v) is 2.16. The molecule has 19 heavy (non-hydrogen) atoms. The summed E-state index contributed by atoms with van der Waals surface area (Å²) in [6.45, 7) is 1.85. The number of carbonyl (C=O) groups excluding carboxylic acids is 2. The van der Waals surface area contributed by atoms with Crippen molar-refractivity contribution in [3.05, 3.63) is 35.9 Å². The van der Waals surface area contributed by atoms with Crippen LogP contribution < -0.4 is 10.6 Å². The van der Waals surface area contributed by atoms with Gasteiger partial charge in [0.25, 0.3) is 5.91 Å². The van der Waals surface area contributed by atoms with Gasteiger partial charge in [0.15, 0.2) is 0 Å². The van der Waals surface area contributed by atoms with Crippen LogP contribution in [0.3, 0.4) is 0 Å². The van der Waals surface area contributed by atoms with Crippen molar-refractivity contribution in [1.29, 1.82) is 0 Å². The van der Waals surface area contributed by atoms with Gasteiger partial charge in [0, 0.05) is 19.2 Å². The fraction of sp³-hybridized carbons (Fsp3) is 0.154. The molecule has 0 atom stereocenters. The van der Waals surface area contributed by atoms with E-state index in [1.54, 1.807) is 24.3 Å². The summed E-state index contributed by atoms with van der Waals surface area (Å²) in [4.78, 5) is 22.0. The number of para-hydroxylation sites is 1. The Morgan fingerprint density at radius 1 is 1.37 bits per heavy atom. The first-order valence-electron chi connectivity index (χ1n) is 5.62. The van der Waals surface area contributed by atoms with Gasteiger partial charge >= 0.3 is 0 Å². The topological polar surface area (TPSA) is 90.8 Å². The van der Waals surface area contributed by atoms with Crippen molar-refractivity contribution in [2.75, 3.05) is 11.9 Å². The maximum atomic E-state index is 11.3. The molecule has 0 heterocycles. The SMILES string of the molecule is CC(=O)NCC=Cc1ccccc1NC(=O)C=NO. The molecule has 1 rings (SSSR count). The average molecular weight is 261 g/mol. The van der Waals surface area contributed by atoms with Crippen LogP contribution in [-0.4, -0.2) is 29.8 Å². The maximum absolute atomic E-state index is 11.3. The molecule has 0 aliphatic carbocycles. The number of amides is 2. The highest BCUT2D eigenvalue weighted by atomic mass is 16.4. The van der Waals surface area contributed by atoms with E-state index in [4.69, 9.17) is 5.21 Å². The molecule has 0 aromatic heterocycles. The van der Waals surface area contributed by atoms with Gasteiger partial charge in [0.05, 0.1) is 0 Å². The van der Waals surface area contributed by atoms with Crippen LogP contribution in [0.4, 0.5) is 5.69 Å². The second-order valence-corrected chi connectivity index (χ2v) is 3.66. The molecule has 0 unspecified atom stereocenters. The van der Waals surface area contributed by atoms with Gasteiger partial charge in [0.1, 0.15) is 6.21 Å². The number of nitrogens with zero attached hydrogens (tertiary/aromatic N) is 1. The van der Waals surface area contributed by atoms with Crippen LogP contribution in [0.5, 0.6) is 0 Å². The Bertz CT molecular complexity index is 510. The van der Waals surface area contributed by atoms with E-state index in [2.05, 4.69) is 15.8 Å². The van der Waals surface area contributed by atoms with Gasteiger partial charge in [0.2, 0.25) is 5.91 Å². The summed E-state index contributed by atoms with van der Waals surface area (Å²) in [7, 11) is 0. The van der Waals surface area contributed by atoms with Gasteiger partial charge in [-0.1, -0.05) is 35.5 Å². The van der Waals surface area contributed by atoms with Crippen molar-refractivity contribution in [2.24, 2.45) is 5.16 Å². The van der Waals surface area contributed by atoms with Gasteiger partial charge in [-0.25, -0.2) is 0 Å². The second-order valence-electron chi connectivity index (χ2n) is 3.66. The van der Waals surface area contributed by atoms with Crippen molar-refractivity contribution < 1.29 is 14.8 Å². The van der Waals surface area contributed by atoms with Gasteiger partial charge in [-0.3, -0.25) is 9.59 Å². The van der Waals surface area contributed by atoms with E-state index in [9.17, 15) is 9.59 Å². The Balaban J connectivity index is 2.72. The van der Waals surface area contributed by atoms with Crippen molar-refractivity contribution in [2.45, 2.75) is 6.92 Å². The third kappa shape index (κ3) is 5.49. The molecule has 0 radical (unpaired) electrons. The highest BCUT2D eigenvalue weighted by Gasteiger charge is 2.02. The zero-order chi connectivity index (χ0) is 14.1. The fourth-order valence-corrected chi connectivity index (χ4v) is 1.36. The highest BCUT2D eigenvalue weighted by molar-refractivity contribution is 6.31. The van der Waals surface area contributed by atoms with E-state index in [1.807, 2.05) is 12.1 Å². The molecule has 0 fully saturated rings. The molecule has 100 valence electrons. The zero-order valence-corrected chi connectivity index (χ0v) is 10.5. The van der Waals surface area contributed by atoms with Gasteiger partial charge < -0.3 is 15.8 Å². The minimum absolute atomic E-state index is 0.106. The normalized spacial score (nSPS) is 10.8. The molecule has 2 amide bonds. The quantitative estimate of drug-likeness (QED) is 0.423. The minimum atomic E-state index is -0.523. The van der Waals surface area contributed by atoms with Crippen LogP contribution in [0.1, 0.15) is 12.5 Å². The van der Waals surface area contributed by atoms with E-state index in [0.29, 0.717) is 12.2 Å². The van der Waals surface area contributed by atoms with Gasteiger partial charge in [-0.2, -0.15) is 0 Å². The Morgan fingerprint density at radius 2 is 2.11 bits per heavy atom. The van der Waals surface area contributed by atoms with Crippen molar-refractivity contribution >= 4 is 29.8 Å². The van der Waals surface area contributed by atoms with Crippen LogP contribution in [0.2, 0.25) is 0 Å². The smallest absolute Gasteiger partial charge is 0.270 e. The lowest BCUT2D eigenvalue weighted by Crippen LogP contribution is -2.19. The molecule has 6 heteroatoms. The Hall–Kier alpha value is -2.63. The lowest BCUT2D eigenvalue weighted by Gasteiger charge is -2.05. The predicted octanol–water partition coefficient (Wildman–Crippen LogP) is 1.23. The van der Waals surface area contributed by atoms with Crippen LogP contribution in [-0.2, 0) is 9.59 Å². The number of benzene rings is 1. The number of oxime groups is 1. The summed E-state index contributed by atoms with van der Waals surface area (Å²) in [6, 6.07) is 7.14. The lowest BCUT2D eigenvalue weighted by molar-refractivity contribution is -0.118. The summed E-state index contributed by atoms with van der Waals surface area (Å²) in [5, 5.41) is 16.1. The van der Waals surface area contributed by atoms with Crippen LogP contribution in [0.25, 0.3) is 6.08 Å². The molecule has 0 bridgehead atoms. The molecular formula is C13H15N3O3. The molecule has 3 N–H and O–H groups in total. The van der Waals surface area contributed by atoms with E-state index in [-0.39, 0.29) is 5.91 Å². The molecule has 0 saturated heterocycles. The summed E-state index contributed by atoms with van der Waals surface area (Å²) < 4.78 is 0. The molecule has 0 saturated carbocycles. The summed E-state index contributed by atoms with van der Waals surface area (Å²) >= 11 is 0. The fourth-order valence-electron chi connectivity index (χ4n) is 1.36. The maximum Gasteiger partial charge on any atom is 0.270 e. The number of hydrogen-bond donors (Lipinski definition) is 3. The second kappa shape index (κ2) is 7.65. The number of nitrogens with one attached hydrogen (secondary N) is 2. The molecule has 6 nitrogen and oxygen atoms in total. The summed E-state index contributed by atoms with van der Waals surface area (Å²) in [6.07, 6.45) is 4.33. The predicted molar refractivity (Wildman–Crippen MR) is 73.1 cm³/mol. The number of carbonyl (C=O) groups is 2. The van der Waals surface area contributed by atoms with E-state index in [1.165, 1.54) is 6.92 Å². The first kappa shape index (κ1) is 14.4. The first-order valence-corrected chi connectivity index (χ1v) is 5.62. The zero-order valence-electron chi connectivity index (χ0n) is 10.5. The van der Waals surface area contributed by atoms with E-state index < -0.39 is 5.91 Å². The van der Waals surface area contributed by atoms with Crippen LogP contribution in [0.15, 0.2) is 35.5 Å². The highest BCUT2D eigenvalue weighted by Crippen LogP contribution is 2.16. The number of hydrogen-bond acceptors (Lipinski definition) is 4. The van der Waals surface area contributed by atoms with Crippen molar-refractivity contribution in [3.8, 4) is 0 Å². The average Bonchev–Trinajstić information content (AvgIpc) is 2.36. The summed E-state index contributed by atoms with van der Waals surface area (Å²) in [5.41, 5.74) is 1.37. The van der Waals surface area contributed by atoms with Crippen molar-refractivity contribution in [1.82, 2.24) is 5.32 Å². The first-order chi connectivity index (χ1) is 9.13. The molecule has 1 aromatic carbocycles. The Labute approximate surface area is 110 Å². The molecule has 0 spiro atoms. The molecule has 1 aromatic rings. The number of rotatable bonds is 5. The Morgan fingerprint density at radius 3 is 2.79 bits per heavy atom.